The van der Waals surface area contributed by atoms with Gasteiger partial charge in [-0.2, -0.15) is 10.1 Å². The van der Waals surface area contributed by atoms with Crippen LogP contribution in [0.25, 0.3) is 50.9 Å². The van der Waals surface area contributed by atoms with E-state index in [2.05, 4.69) is 20.1 Å². The summed E-state index contributed by atoms with van der Waals surface area (Å²) in [6.07, 6.45) is 3.39. The Bertz CT molecular complexity index is 1850. The third-order valence-electron chi connectivity index (χ3n) is 6.05. The largest absolute Gasteiger partial charge is 0.490 e. The Kier molecular flexibility index (Phi) is 6.03. The number of fused-ring (bicyclic) bond motifs is 1. The third kappa shape index (κ3) is 4.58. The van der Waals surface area contributed by atoms with Gasteiger partial charge in [0.2, 0.25) is 5.58 Å². The highest BCUT2D eigenvalue weighted by Gasteiger charge is 2.18. The maximum Gasteiger partial charge on any atom is 0.281 e. The van der Waals surface area contributed by atoms with Crippen LogP contribution in [0.3, 0.4) is 0 Å². The minimum atomic E-state index is -3.34. The molecular weight excluding hydrogens is 544 g/mol. The molecule has 38 heavy (non-hydrogen) atoms. The molecule has 4 aromatic heterocycles. The van der Waals surface area contributed by atoms with Crippen molar-refractivity contribution in [1.82, 2.24) is 24.7 Å². The predicted molar refractivity (Wildman–Crippen MR) is 148 cm³/mol. The fourth-order valence-electron chi connectivity index (χ4n) is 4.19. The molecule has 0 saturated carbocycles. The van der Waals surface area contributed by atoms with Gasteiger partial charge in [0.15, 0.2) is 5.76 Å². The minimum absolute atomic E-state index is 0.181. The summed E-state index contributed by atoms with van der Waals surface area (Å²) in [5.74, 6) is -2.94. The number of pyridine rings is 1. The van der Waals surface area contributed by atoms with Crippen molar-refractivity contribution in [2.24, 2.45) is 0 Å². The van der Waals surface area contributed by atoms with E-state index in [1.165, 1.54) is 4.68 Å². The van der Waals surface area contributed by atoms with Crippen molar-refractivity contribution in [3.8, 4) is 45.7 Å². The first-order valence-corrected chi connectivity index (χ1v) is 15.0. The smallest absolute Gasteiger partial charge is 0.281 e. The number of aromatic nitrogens is 5. The zero-order valence-corrected chi connectivity index (χ0v) is 22.2. The fourth-order valence-corrected chi connectivity index (χ4v) is 5.36. The van der Waals surface area contributed by atoms with Gasteiger partial charge in [0.05, 0.1) is 5.69 Å². The van der Waals surface area contributed by atoms with E-state index in [9.17, 15) is 9.67 Å². The van der Waals surface area contributed by atoms with Gasteiger partial charge in [0.1, 0.15) is 11.2 Å². The van der Waals surface area contributed by atoms with Gasteiger partial charge in [-0.3, -0.25) is 9.55 Å². The minimum Gasteiger partial charge on any atom is -0.490 e. The molecule has 6 rings (SSSR count). The zero-order chi connectivity index (χ0) is 26.4. The molecule has 0 unspecified atom stereocenters. The molecule has 2 aromatic carbocycles. The SMILES string of the molecule is Cc1cc(-c2ccn(-c3nc(O)c4oc(-c5ccccn5)cc4n3)n2)ccc1-c1ccc(P(=O)(Cl)Cl)cc1. The maximum atomic E-state index is 11.9. The molecule has 0 atom stereocenters. The van der Waals surface area contributed by atoms with Crippen molar-refractivity contribution in [3.63, 3.8) is 0 Å². The number of halogens is 2. The van der Waals surface area contributed by atoms with Crippen LogP contribution in [0.5, 0.6) is 5.88 Å². The summed E-state index contributed by atoms with van der Waals surface area (Å²) in [5.41, 5.74) is 5.86. The van der Waals surface area contributed by atoms with E-state index < -0.39 is 5.85 Å². The number of benzene rings is 2. The van der Waals surface area contributed by atoms with Crippen LogP contribution < -0.4 is 5.30 Å². The summed E-state index contributed by atoms with van der Waals surface area (Å²) in [5, 5.41) is 15.5. The van der Waals surface area contributed by atoms with E-state index in [4.69, 9.17) is 26.9 Å². The summed E-state index contributed by atoms with van der Waals surface area (Å²) in [6, 6.07) is 22.1. The first-order valence-electron chi connectivity index (χ1n) is 11.5. The van der Waals surface area contributed by atoms with E-state index in [0.717, 1.165) is 22.3 Å². The Balaban J connectivity index is 1.30. The predicted octanol–water partition coefficient (Wildman–Crippen LogP) is 7.11. The highest BCUT2D eigenvalue weighted by atomic mass is 35.9. The van der Waals surface area contributed by atoms with Gasteiger partial charge in [-0.25, -0.2) is 9.67 Å². The number of hydrogen-bond acceptors (Lipinski definition) is 7. The van der Waals surface area contributed by atoms with Crippen molar-refractivity contribution < 1.29 is 14.1 Å². The van der Waals surface area contributed by atoms with Crippen LogP contribution in [0.2, 0.25) is 0 Å². The summed E-state index contributed by atoms with van der Waals surface area (Å²) in [6.45, 7) is 2.00. The maximum absolute atomic E-state index is 11.9. The van der Waals surface area contributed by atoms with Crippen LogP contribution in [0.15, 0.2) is 89.6 Å². The molecule has 0 amide bonds. The lowest BCUT2D eigenvalue weighted by Gasteiger charge is -2.09. The number of hydrogen-bond donors (Lipinski definition) is 1. The van der Waals surface area contributed by atoms with Gasteiger partial charge < -0.3 is 9.52 Å². The summed E-state index contributed by atoms with van der Waals surface area (Å²) in [4.78, 5) is 13.0. The van der Waals surface area contributed by atoms with Crippen molar-refractivity contribution in [2.45, 2.75) is 6.92 Å². The highest BCUT2D eigenvalue weighted by molar-refractivity contribution is 8.13. The number of furan rings is 1. The molecule has 0 aliphatic heterocycles. The summed E-state index contributed by atoms with van der Waals surface area (Å²) >= 11 is 11.5. The quantitative estimate of drug-likeness (QED) is 0.223. The van der Waals surface area contributed by atoms with E-state index in [0.29, 0.717) is 28.0 Å². The Morgan fingerprint density at radius 2 is 1.71 bits per heavy atom. The summed E-state index contributed by atoms with van der Waals surface area (Å²) in [7, 11) is 0. The van der Waals surface area contributed by atoms with Crippen LogP contribution in [-0.2, 0) is 4.57 Å². The monoisotopic (exact) mass is 561 g/mol. The molecule has 8 nitrogen and oxygen atoms in total. The molecule has 4 heterocycles. The zero-order valence-electron chi connectivity index (χ0n) is 19.8. The van der Waals surface area contributed by atoms with Gasteiger partial charge in [-0.05, 0) is 82.5 Å². The van der Waals surface area contributed by atoms with Crippen LogP contribution >= 0.6 is 28.3 Å². The number of aryl methyl sites for hydroxylation is 1. The molecule has 0 fully saturated rings. The second kappa shape index (κ2) is 9.40. The molecule has 1 N–H and O–H groups in total. The van der Waals surface area contributed by atoms with Gasteiger partial charge in [0, 0.05) is 29.3 Å². The van der Waals surface area contributed by atoms with Crippen molar-refractivity contribution >= 4 is 44.7 Å². The fraction of sp³-hybridized carbons (Fsp3) is 0.0370. The Labute approximate surface area is 226 Å². The van der Waals surface area contributed by atoms with Crippen LogP contribution in [-0.4, -0.2) is 29.8 Å². The lowest BCUT2D eigenvalue weighted by atomic mass is 9.97. The Morgan fingerprint density at radius 3 is 2.42 bits per heavy atom. The molecular formula is C27H18Cl2N5O3P. The van der Waals surface area contributed by atoms with Gasteiger partial charge >= 0.3 is 0 Å². The van der Waals surface area contributed by atoms with Gasteiger partial charge in [-0.1, -0.05) is 30.3 Å². The van der Waals surface area contributed by atoms with Gasteiger partial charge in [-0.15, -0.1) is 0 Å². The number of nitrogens with zero attached hydrogens (tertiary/aromatic N) is 5. The van der Waals surface area contributed by atoms with E-state index in [1.807, 2.05) is 61.5 Å². The van der Waals surface area contributed by atoms with Crippen molar-refractivity contribution in [2.75, 3.05) is 0 Å². The van der Waals surface area contributed by atoms with E-state index in [-0.39, 0.29) is 17.4 Å². The molecule has 11 heteroatoms. The van der Waals surface area contributed by atoms with E-state index >= 15 is 0 Å². The first-order chi connectivity index (χ1) is 18.3. The molecule has 0 radical (unpaired) electrons. The van der Waals surface area contributed by atoms with Crippen LogP contribution in [0, 0.1) is 6.92 Å². The second-order valence-corrected chi connectivity index (χ2v) is 13.4. The Morgan fingerprint density at radius 1 is 0.921 bits per heavy atom. The average molecular weight is 562 g/mol. The lowest BCUT2D eigenvalue weighted by molar-refractivity contribution is 0.443. The molecule has 0 spiro atoms. The molecule has 0 aliphatic rings. The number of rotatable bonds is 5. The number of aromatic hydroxyl groups is 1. The van der Waals surface area contributed by atoms with Crippen LogP contribution in [0.1, 0.15) is 5.56 Å². The standard InChI is InChI=1S/C27H18Cl2N5O3P/c1-16-14-18(7-10-20(16)17-5-8-19(9-6-17)38(28,29)36)21-11-13-34(33-21)27-31-23-15-24(22-4-2-3-12-30-22)37-25(23)26(35)32-27/h2-15H,1H3,(H,31,32,35). The molecule has 6 aromatic rings. The van der Waals surface area contributed by atoms with Crippen LogP contribution in [0.4, 0.5) is 0 Å². The first kappa shape index (κ1) is 24.4. The normalized spacial score (nSPS) is 11.8. The summed E-state index contributed by atoms with van der Waals surface area (Å²) < 4.78 is 19.1. The third-order valence-corrected chi connectivity index (χ3v) is 8.12. The van der Waals surface area contributed by atoms with E-state index in [1.54, 1.807) is 30.6 Å². The average Bonchev–Trinajstić information content (AvgIpc) is 3.57. The molecule has 0 bridgehead atoms. The second-order valence-electron chi connectivity index (χ2n) is 8.57. The molecule has 0 saturated heterocycles. The van der Waals surface area contributed by atoms with Crippen molar-refractivity contribution in [1.29, 1.82) is 0 Å². The molecule has 188 valence electrons. The van der Waals surface area contributed by atoms with Gasteiger partial charge in [0.25, 0.3) is 17.7 Å². The molecule has 0 aliphatic carbocycles. The topological polar surface area (TPSA) is 107 Å². The highest BCUT2D eigenvalue weighted by Crippen LogP contribution is 2.55. The lowest BCUT2D eigenvalue weighted by Crippen LogP contribution is -2.01. The van der Waals surface area contributed by atoms with Crippen molar-refractivity contribution in [3.05, 3.63) is 90.8 Å². The Hall–Kier alpha value is -3.97.